The summed E-state index contributed by atoms with van der Waals surface area (Å²) in [5, 5.41) is 7.75. The van der Waals surface area contributed by atoms with Crippen LogP contribution in [0.3, 0.4) is 0 Å². The summed E-state index contributed by atoms with van der Waals surface area (Å²) in [6.07, 6.45) is 0. The molecule has 1 spiro atoms. The van der Waals surface area contributed by atoms with E-state index in [4.69, 9.17) is 0 Å². The highest BCUT2D eigenvalue weighted by molar-refractivity contribution is 6.14. The molecule has 0 radical (unpaired) electrons. The number of fused-ring (bicyclic) bond motifs is 14. The van der Waals surface area contributed by atoms with Gasteiger partial charge in [0.1, 0.15) is 0 Å². The molecule has 8 aromatic carbocycles. The van der Waals surface area contributed by atoms with Gasteiger partial charge in [-0.15, -0.1) is 0 Å². The molecule has 198 valence electrons. The quantitative estimate of drug-likeness (QED) is 0.181. The Hall–Kier alpha value is -5.46. The zero-order chi connectivity index (χ0) is 28.1. The van der Waals surface area contributed by atoms with E-state index >= 15 is 0 Å². The second-order valence-corrected chi connectivity index (χ2v) is 12.0. The normalized spacial score (nSPS) is 13.8. The average molecular weight is 543 g/mol. The Morgan fingerprint density at radius 1 is 0.326 bits per heavy atom. The second kappa shape index (κ2) is 8.31. The number of benzene rings is 8. The molecule has 0 N–H and O–H groups in total. The summed E-state index contributed by atoms with van der Waals surface area (Å²) in [7, 11) is 0. The third-order valence-corrected chi connectivity index (χ3v) is 10.0. The van der Waals surface area contributed by atoms with Crippen molar-refractivity contribution < 1.29 is 0 Å². The summed E-state index contributed by atoms with van der Waals surface area (Å²) in [6, 6.07) is 59.0. The number of hydrogen-bond donors (Lipinski definition) is 0. The molecule has 0 atom stereocenters. The van der Waals surface area contributed by atoms with E-state index < -0.39 is 0 Å². The van der Waals surface area contributed by atoms with Crippen LogP contribution in [0.1, 0.15) is 22.3 Å². The predicted octanol–water partition coefficient (Wildman–Crippen LogP) is 11.2. The maximum atomic E-state index is 2.42. The Balaban J connectivity index is 1.32. The summed E-state index contributed by atoms with van der Waals surface area (Å²) in [4.78, 5) is 0. The molecule has 0 heteroatoms. The summed E-state index contributed by atoms with van der Waals surface area (Å²) in [5.41, 5.74) is 13.2. The molecule has 8 aromatic rings. The van der Waals surface area contributed by atoms with E-state index in [-0.39, 0.29) is 5.41 Å². The Kier molecular flexibility index (Phi) is 4.47. The van der Waals surface area contributed by atoms with Gasteiger partial charge in [0.25, 0.3) is 0 Å². The molecular weight excluding hydrogens is 516 g/mol. The molecule has 0 saturated carbocycles. The van der Waals surface area contributed by atoms with Gasteiger partial charge in [0, 0.05) is 0 Å². The molecule has 0 aromatic heterocycles. The van der Waals surface area contributed by atoms with Crippen LogP contribution in [0.2, 0.25) is 0 Å². The molecule has 0 amide bonds. The Labute approximate surface area is 250 Å². The van der Waals surface area contributed by atoms with E-state index in [0.29, 0.717) is 0 Å². The molecule has 0 aliphatic heterocycles. The molecule has 0 fully saturated rings. The van der Waals surface area contributed by atoms with Crippen molar-refractivity contribution in [1.82, 2.24) is 0 Å². The van der Waals surface area contributed by atoms with Crippen molar-refractivity contribution in [3.05, 3.63) is 180 Å². The maximum Gasteiger partial charge on any atom is 0.0731 e. The van der Waals surface area contributed by atoms with Crippen LogP contribution in [0.4, 0.5) is 0 Å². The second-order valence-electron chi connectivity index (χ2n) is 12.0. The summed E-state index contributed by atoms with van der Waals surface area (Å²) < 4.78 is 0. The molecule has 2 aliphatic rings. The van der Waals surface area contributed by atoms with Crippen molar-refractivity contribution in [2.45, 2.75) is 5.41 Å². The predicted molar refractivity (Wildman–Crippen MR) is 181 cm³/mol. The third-order valence-electron chi connectivity index (χ3n) is 10.0. The first-order valence-corrected chi connectivity index (χ1v) is 15.1. The summed E-state index contributed by atoms with van der Waals surface area (Å²) in [6.45, 7) is 0. The smallest absolute Gasteiger partial charge is 0.0619 e. The van der Waals surface area contributed by atoms with Gasteiger partial charge in [-0.2, -0.15) is 0 Å². The molecule has 0 nitrogen and oxygen atoms in total. The Morgan fingerprint density at radius 2 is 0.814 bits per heavy atom. The minimum absolute atomic E-state index is 0.341. The van der Waals surface area contributed by atoms with Crippen molar-refractivity contribution in [3.63, 3.8) is 0 Å². The van der Waals surface area contributed by atoms with Gasteiger partial charge < -0.3 is 0 Å². The van der Waals surface area contributed by atoms with Crippen molar-refractivity contribution in [3.8, 4) is 33.4 Å². The summed E-state index contributed by atoms with van der Waals surface area (Å²) >= 11 is 0. The fourth-order valence-electron chi connectivity index (χ4n) is 8.41. The van der Waals surface area contributed by atoms with Crippen LogP contribution in [0, 0.1) is 0 Å². The lowest BCUT2D eigenvalue weighted by Crippen LogP contribution is -2.26. The topological polar surface area (TPSA) is 0 Å². The molecular formula is C43H26. The van der Waals surface area contributed by atoms with Gasteiger partial charge >= 0.3 is 0 Å². The first-order valence-electron chi connectivity index (χ1n) is 15.1. The van der Waals surface area contributed by atoms with Gasteiger partial charge in [-0.05, 0) is 100 Å². The molecule has 0 saturated heterocycles. The SMILES string of the molecule is c1ccc2c(c1)-c1ccccc1C21c2ccccc2-c2ccc3cc(-c4c5ccccc5cc5ccccc45)ccc3c21. The highest BCUT2D eigenvalue weighted by Gasteiger charge is 2.52. The van der Waals surface area contributed by atoms with E-state index in [2.05, 4.69) is 158 Å². The van der Waals surface area contributed by atoms with E-state index in [0.717, 1.165) is 0 Å². The van der Waals surface area contributed by atoms with E-state index in [1.165, 1.54) is 88.0 Å². The minimum atomic E-state index is -0.341. The van der Waals surface area contributed by atoms with Gasteiger partial charge in [-0.3, -0.25) is 0 Å². The monoisotopic (exact) mass is 542 g/mol. The van der Waals surface area contributed by atoms with Gasteiger partial charge in [-0.1, -0.05) is 146 Å². The largest absolute Gasteiger partial charge is 0.0731 e. The fourth-order valence-corrected chi connectivity index (χ4v) is 8.41. The van der Waals surface area contributed by atoms with Crippen molar-refractivity contribution in [1.29, 1.82) is 0 Å². The number of rotatable bonds is 1. The highest BCUT2D eigenvalue weighted by atomic mass is 14.5. The van der Waals surface area contributed by atoms with E-state index in [1.54, 1.807) is 0 Å². The van der Waals surface area contributed by atoms with Gasteiger partial charge in [-0.25, -0.2) is 0 Å². The molecule has 43 heavy (non-hydrogen) atoms. The lowest BCUT2D eigenvalue weighted by Gasteiger charge is -2.31. The lowest BCUT2D eigenvalue weighted by atomic mass is 9.69. The maximum absolute atomic E-state index is 2.42. The highest BCUT2D eigenvalue weighted by Crippen LogP contribution is 2.64. The van der Waals surface area contributed by atoms with Gasteiger partial charge in [0.15, 0.2) is 0 Å². The molecule has 10 rings (SSSR count). The van der Waals surface area contributed by atoms with Crippen LogP contribution in [0.5, 0.6) is 0 Å². The van der Waals surface area contributed by atoms with Crippen LogP contribution < -0.4 is 0 Å². The summed E-state index contributed by atoms with van der Waals surface area (Å²) in [5.74, 6) is 0. The van der Waals surface area contributed by atoms with Crippen molar-refractivity contribution in [2.75, 3.05) is 0 Å². The zero-order valence-corrected chi connectivity index (χ0v) is 23.5. The first-order chi connectivity index (χ1) is 21.3. The Morgan fingerprint density at radius 3 is 1.42 bits per heavy atom. The van der Waals surface area contributed by atoms with Gasteiger partial charge in [0.05, 0.1) is 5.41 Å². The molecule has 0 bridgehead atoms. The van der Waals surface area contributed by atoms with Crippen molar-refractivity contribution in [2.24, 2.45) is 0 Å². The molecule has 2 aliphatic carbocycles. The minimum Gasteiger partial charge on any atom is -0.0619 e. The standard InChI is InChI=1S/C43H26/c1-3-13-31-27(11-1)25-28-12-2-4-14-32(28)41(31)30-22-23-33-29(26-30)21-24-37-36-17-7-10-20-40(36)43(42(33)37)38-18-8-5-15-34(38)35-16-6-9-19-39(35)43/h1-26H. The van der Waals surface area contributed by atoms with Crippen LogP contribution >= 0.6 is 0 Å². The number of hydrogen-bond acceptors (Lipinski definition) is 0. The van der Waals surface area contributed by atoms with Crippen LogP contribution in [0.25, 0.3) is 65.7 Å². The van der Waals surface area contributed by atoms with Crippen LogP contribution in [0.15, 0.2) is 158 Å². The lowest BCUT2D eigenvalue weighted by molar-refractivity contribution is 0.801. The fraction of sp³-hybridized carbons (Fsp3) is 0.0233. The Bertz CT molecular complexity index is 2340. The third kappa shape index (κ3) is 2.86. The molecule has 0 heterocycles. The zero-order valence-electron chi connectivity index (χ0n) is 23.5. The van der Waals surface area contributed by atoms with Crippen molar-refractivity contribution >= 4 is 32.3 Å². The van der Waals surface area contributed by atoms with Crippen LogP contribution in [-0.2, 0) is 5.41 Å². The first kappa shape index (κ1) is 23.1. The van der Waals surface area contributed by atoms with E-state index in [9.17, 15) is 0 Å². The van der Waals surface area contributed by atoms with Gasteiger partial charge in [0.2, 0.25) is 0 Å². The van der Waals surface area contributed by atoms with Crippen LogP contribution in [-0.4, -0.2) is 0 Å². The van der Waals surface area contributed by atoms with E-state index in [1.807, 2.05) is 0 Å². The molecule has 0 unspecified atom stereocenters. The average Bonchev–Trinajstić information content (AvgIpc) is 3.54.